The number of carbonyl (C=O) groups is 1. The van der Waals surface area contributed by atoms with Gasteiger partial charge in [0.1, 0.15) is 28.8 Å². The molecule has 0 radical (unpaired) electrons. The highest BCUT2D eigenvalue weighted by atomic mass is 19.3. The second-order valence-corrected chi connectivity index (χ2v) is 20.4. The Morgan fingerprint density at radius 3 is 1.55 bits per heavy atom. The maximum Gasteiger partial charge on any atom is 0.461 e. The van der Waals surface area contributed by atoms with Crippen molar-refractivity contribution in [1.29, 1.82) is 0 Å². The minimum Gasteiger partial charge on any atom is -0.508 e. The van der Waals surface area contributed by atoms with Crippen molar-refractivity contribution in [3.05, 3.63) is 212 Å². The van der Waals surface area contributed by atoms with Gasteiger partial charge in [-0.25, -0.2) is 34.9 Å². The summed E-state index contributed by atoms with van der Waals surface area (Å²) < 4.78 is 66.6. The number of benzene rings is 5. The van der Waals surface area contributed by atoms with Gasteiger partial charge in [0, 0.05) is 117 Å². The third kappa shape index (κ3) is 14.0. The Bertz CT molecular complexity index is 4350. The number of hydrogen-bond donors (Lipinski definition) is 6. The molecule has 21 nitrogen and oxygen atoms in total. The second-order valence-electron chi connectivity index (χ2n) is 20.4. The highest BCUT2D eigenvalue weighted by molar-refractivity contribution is 5.92. The van der Waals surface area contributed by atoms with E-state index >= 15 is 0 Å². The van der Waals surface area contributed by atoms with Crippen LogP contribution in [0.15, 0.2) is 195 Å². The molecule has 7 aromatic heterocycles. The molecule has 452 valence electrons. The molecule has 1 amide bonds. The minimum atomic E-state index is -4.59. The van der Waals surface area contributed by atoms with E-state index in [1.807, 2.05) is 105 Å². The number of aromatic nitrogens is 10. The monoisotopic (exact) mass is 1210 g/mol. The van der Waals surface area contributed by atoms with Gasteiger partial charge in [-0.2, -0.15) is 17.6 Å². The summed E-state index contributed by atoms with van der Waals surface area (Å²) in [7, 11) is 3.76. The average Bonchev–Trinajstić information content (AvgIpc) is 3.95. The summed E-state index contributed by atoms with van der Waals surface area (Å²) in [5.41, 5.74) is 15.5. The van der Waals surface area contributed by atoms with Crippen molar-refractivity contribution in [2.45, 2.75) is 25.6 Å². The molecule has 5 aromatic carbocycles. The average molecular weight is 1210 g/mol. The van der Waals surface area contributed by atoms with Crippen LogP contribution in [0.3, 0.4) is 0 Å². The second kappa shape index (κ2) is 26.5. The number of hydrogen-bond acceptors (Lipinski definition) is 17. The molecule has 8 heterocycles. The summed E-state index contributed by atoms with van der Waals surface area (Å²) in [6.45, 7) is 4.99. The maximum absolute atomic E-state index is 13.3. The fraction of sp³-hybridized carbons (Fsp3) is 0.156. The van der Waals surface area contributed by atoms with Crippen LogP contribution in [-0.2, 0) is 13.1 Å². The van der Waals surface area contributed by atoms with E-state index in [1.165, 1.54) is 18.2 Å². The largest absolute Gasteiger partial charge is 0.508 e. The van der Waals surface area contributed by atoms with Crippen molar-refractivity contribution in [2.24, 2.45) is 5.73 Å². The normalized spacial score (nSPS) is 12.5. The number of ether oxygens (including phenoxy) is 2. The number of halogens is 4. The lowest BCUT2D eigenvalue weighted by molar-refractivity contribution is -0.253. The number of likely N-dealkylation sites (N-methyl/N-ethyl adjacent to an activating group) is 1. The number of nitrogens with zero attached hydrogens (tertiary/aromatic N) is 12. The number of anilines is 5. The number of amides is 1. The Morgan fingerprint density at radius 1 is 0.584 bits per heavy atom. The first-order chi connectivity index (χ1) is 43.2. The van der Waals surface area contributed by atoms with Crippen LogP contribution in [0.4, 0.5) is 46.5 Å². The maximum atomic E-state index is 13.3. The van der Waals surface area contributed by atoms with Gasteiger partial charge in [-0.3, -0.25) is 18.0 Å². The van der Waals surface area contributed by atoms with E-state index < -0.39 is 24.2 Å². The lowest BCUT2D eigenvalue weighted by Crippen LogP contribution is -2.44. The molecular formula is C64H58F4N16O5. The smallest absolute Gasteiger partial charge is 0.461 e. The molecule has 1 aliphatic heterocycles. The highest BCUT2D eigenvalue weighted by Gasteiger charge is 2.44. The van der Waals surface area contributed by atoms with E-state index in [-0.39, 0.29) is 11.5 Å². The molecule has 1 aliphatic rings. The third-order valence-electron chi connectivity index (χ3n) is 14.4. The zero-order valence-electron chi connectivity index (χ0n) is 47.9. The number of rotatable bonds is 17. The van der Waals surface area contributed by atoms with Gasteiger partial charge in [-0.15, -0.1) is 0 Å². The van der Waals surface area contributed by atoms with E-state index in [9.17, 15) is 32.6 Å². The molecule has 89 heavy (non-hydrogen) atoms. The standard InChI is InChI=1S/C24H23F4N7O.C20H17N5O2.C20H18N4O2/c1-33-9-11-34(12-10-33)20-6-5-16(14-30-20)19-15-31-22-21(29-7-8-35(19)22)32-17-3-2-4-18(13-17)36-24(27,28)23(25)26;21-18(27)15-3-1-13(2-4-15)11-23-19-20-24-12-17(25(20)10-9-22-19)14-5-7-16(26)8-6-14;1-26-17-8-2-14(3-9-17)12-22-19-20-23-13-18(24(20)11-10-21-19)15-4-6-16(25)7-5-15/h2-8,13-15,23H,9-12H2,1H3,(H,29,32);1-10,12,26H,11H2,(H2,21,27)(H,22,23);2-11,13,25H,12H2,1H3,(H,21,22). The van der Waals surface area contributed by atoms with Gasteiger partial charge in [0.25, 0.3) is 0 Å². The number of phenolic OH excluding ortho intramolecular Hbond substituents is 2. The Morgan fingerprint density at radius 2 is 1.07 bits per heavy atom. The van der Waals surface area contributed by atoms with Gasteiger partial charge < -0.3 is 51.2 Å². The summed E-state index contributed by atoms with van der Waals surface area (Å²) >= 11 is 0. The quantitative estimate of drug-likeness (QED) is 0.0464. The minimum absolute atomic E-state index is 0.221. The number of pyridine rings is 1. The van der Waals surface area contributed by atoms with Gasteiger partial charge in [0.05, 0.1) is 42.8 Å². The zero-order chi connectivity index (χ0) is 62.0. The molecule has 13 rings (SSSR count). The predicted molar refractivity (Wildman–Crippen MR) is 330 cm³/mol. The van der Waals surface area contributed by atoms with Crippen molar-refractivity contribution in [3.8, 4) is 56.8 Å². The first kappa shape index (κ1) is 59.4. The molecule has 0 atom stereocenters. The Balaban J connectivity index is 0.000000140. The number of nitrogens with two attached hydrogens (primary N) is 1. The molecule has 0 unspecified atom stereocenters. The van der Waals surface area contributed by atoms with E-state index in [0.29, 0.717) is 53.1 Å². The van der Waals surface area contributed by atoms with E-state index in [4.69, 9.17) is 10.5 Å². The van der Waals surface area contributed by atoms with Crippen LogP contribution in [0, 0.1) is 0 Å². The first-order valence-corrected chi connectivity index (χ1v) is 27.8. The number of primary amides is 1. The van der Waals surface area contributed by atoms with Crippen LogP contribution >= 0.6 is 0 Å². The first-order valence-electron chi connectivity index (χ1n) is 27.8. The van der Waals surface area contributed by atoms with E-state index in [1.54, 1.807) is 93.0 Å². The number of nitrogens with one attached hydrogen (secondary N) is 3. The predicted octanol–water partition coefficient (Wildman–Crippen LogP) is 11.1. The van der Waals surface area contributed by atoms with Crippen LogP contribution in [-0.4, -0.2) is 122 Å². The Kier molecular flexibility index (Phi) is 17.7. The van der Waals surface area contributed by atoms with Crippen LogP contribution < -0.4 is 36.1 Å². The molecule has 0 bridgehead atoms. The summed E-state index contributed by atoms with van der Waals surface area (Å²) in [6.07, 6.45) is 9.02. The van der Waals surface area contributed by atoms with Crippen LogP contribution in [0.1, 0.15) is 21.5 Å². The van der Waals surface area contributed by atoms with Crippen molar-refractivity contribution in [1.82, 2.24) is 53.0 Å². The van der Waals surface area contributed by atoms with Crippen LogP contribution in [0.25, 0.3) is 50.7 Å². The molecular weight excluding hydrogens is 1150 g/mol. The number of fused-ring (bicyclic) bond motifs is 3. The molecule has 0 aliphatic carbocycles. The highest BCUT2D eigenvalue weighted by Crippen LogP contribution is 2.32. The third-order valence-corrected chi connectivity index (χ3v) is 14.4. The molecule has 12 aromatic rings. The fourth-order valence-corrected chi connectivity index (χ4v) is 9.64. The number of alkyl halides is 4. The number of aromatic hydroxyl groups is 2. The number of imidazole rings is 3. The number of piperazine rings is 1. The van der Waals surface area contributed by atoms with Crippen molar-refractivity contribution in [2.75, 3.05) is 61.2 Å². The van der Waals surface area contributed by atoms with Gasteiger partial charge in [-0.05, 0) is 115 Å². The summed E-state index contributed by atoms with van der Waals surface area (Å²) in [4.78, 5) is 46.9. The fourth-order valence-electron chi connectivity index (χ4n) is 9.64. The Hall–Kier alpha value is -11.3. The number of phenols is 2. The lowest BCUT2D eigenvalue weighted by atomic mass is 10.1. The topological polar surface area (TPSA) is 248 Å². The molecule has 1 saturated heterocycles. The van der Waals surface area contributed by atoms with Gasteiger partial charge >= 0.3 is 12.5 Å². The molecule has 7 N–H and O–H groups in total. The Labute approximate surface area is 506 Å². The molecule has 0 saturated carbocycles. The zero-order valence-corrected chi connectivity index (χ0v) is 47.9. The molecule has 0 spiro atoms. The summed E-state index contributed by atoms with van der Waals surface area (Å²) in [5, 5.41) is 28.5. The SMILES string of the molecule is CN1CCN(c2ccc(-c3cnc4c(Nc5cccc(OC(F)(F)C(F)F)c5)nccn34)cn2)CC1.COc1ccc(CNc2nccn3c(-c4ccc(O)cc4)cnc23)cc1.NC(=O)c1ccc(CNc2nccn3c(-c4ccc(O)cc4)cnc23)cc1. The van der Waals surface area contributed by atoms with Crippen LogP contribution in [0.2, 0.25) is 0 Å². The van der Waals surface area contributed by atoms with Gasteiger partial charge in [0.15, 0.2) is 34.4 Å². The van der Waals surface area contributed by atoms with Crippen molar-refractivity contribution in [3.63, 3.8) is 0 Å². The van der Waals surface area contributed by atoms with E-state index in [2.05, 4.69) is 72.4 Å². The number of methoxy groups -OCH3 is 1. The summed E-state index contributed by atoms with van der Waals surface area (Å²) in [5.74, 6) is 3.08. The van der Waals surface area contributed by atoms with Crippen molar-refractivity contribution < 1.29 is 42.0 Å². The number of carbonyl (C=O) groups excluding carboxylic acids is 1. The van der Waals surface area contributed by atoms with Crippen LogP contribution in [0.5, 0.6) is 23.0 Å². The summed E-state index contributed by atoms with van der Waals surface area (Å²) in [6, 6.07) is 38.3. The molecule has 1 fully saturated rings. The lowest BCUT2D eigenvalue weighted by Gasteiger charge is -2.33. The van der Waals surface area contributed by atoms with Crippen molar-refractivity contribution >= 4 is 51.8 Å². The molecule has 25 heteroatoms. The van der Waals surface area contributed by atoms with E-state index in [0.717, 1.165) is 88.3 Å². The van der Waals surface area contributed by atoms with Gasteiger partial charge in [-0.1, -0.05) is 30.3 Å². The van der Waals surface area contributed by atoms with Gasteiger partial charge in [0.2, 0.25) is 5.91 Å².